The van der Waals surface area contributed by atoms with Crippen LogP contribution in [0.2, 0.25) is 0 Å². The molecule has 1 N–H and O–H groups in total. The molecule has 3 nitrogen and oxygen atoms in total. The van der Waals surface area contributed by atoms with Gasteiger partial charge in [0.05, 0.1) is 5.76 Å². The number of carbonyl (C=O) groups excluding carboxylic acids is 1. The lowest BCUT2D eigenvalue weighted by atomic mass is 10.00. The Hall–Kier alpha value is -1.77. The smallest absolute Gasteiger partial charge is 0.339 e. The van der Waals surface area contributed by atoms with Crippen molar-refractivity contribution < 1.29 is 14.6 Å². The number of hydrogen-bond acceptors (Lipinski definition) is 3. The maximum Gasteiger partial charge on any atom is 0.339 e. The van der Waals surface area contributed by atoms with Crippen LogP contribution < -0.4 is 0 Å². The summed E-state index contributed by atoms with van der Waals surface area (Å²) in [5, 5.41) is 9.20. The maximum atomic E-state index is 11.8. The molecule has 0 atom stereocenters. The minimum absolute atomic E-state index is 0.269. The van der Waals surface area contributed by atoms with Crippen LogP contribution in [-0.2, 0) is 9.53 Å². The zero-order valence-electron chi connectivity index (χ0n) is 9.90. The van der Waals surface area contributed by atoms with Gasteiger partial charge < -0.3 is 9.84 Å². The van der Waals surface area contributed by atoms with E-state index >= 15 is 0 Å². The van der Waals surface area contributed by atoms with E-state index in [1.807, 2.05) is 12.2 Å². The van der Waals surface area contributed by atoms with Crippen molar-refractivity contribution in [3.05, 3.63) is 47.0 Å². The van der Waals surface area contributed by atoms with Gasteiger partial charge in [-0.25, -0.2) is 4.79 Å². The highest BCUT2D eigenvalue weighted by atomic mass is 16.5. The lowest BCUT2D eigenvalue weighted by Crippen LogP contribution is -2.10. The van der Waals surface area contributed by atoms with Gasteiger partial charge in [-0.05, 0) is 31.9 Å². The van der Waals surface area contributed by atoms with Crippen molar-refractivity contribution in [2.24, 2.45) is 0 Å². The molecule has 2 aliphatic carbocycles. The molecule has 0 saturated carbocycles. The topological polar surface area (TPSA) is 46.5 Å². The van der Waals surface area contributed by atoms with Crippen LogP contribution in [0.25, 0.3) is 0 Å². The third-order valence-electron chi connectivity index (χ3n) is 2.93. The Balaban J connectivity index is 1.99. The van der Waals surface area contributed by atoms with Crippen LogP contribution in [0.5, 0.6) is 0 Å². The number of esters is 1. The molecule has 17 heavy (non-hydrogen) atoms. The molecule has 3 heteroatoms. The van der Waals surface area contributed by atoms with Crippen LogP contribution in [0.15, 0.2) is 47.0 Å². The summed E-state index contributed by atoms with van der Waals surface area (Å²) >= 11 is 0. The molecule has 2 aliphatic rings. The number of aliphatic hydroxyl groups is 1. The lowest BCUT2D eigenvalue weighted by Gasteiger charge is -2.14. The van der Waals surface area contributed by atoms with E-state index in [1.165, 1.54) is 5.57 Å². The maximum absolute atomic E-state index is 11.8. The van der Waals surface area contributed by atoms with Gasteiger partial charge in [0.15, 0.2) is 0 Å². The Bertz CT molecular complexity index is 450. The average molecular weight is 232 g/mol. The Labute approximate surface area is 101 Å². The average Bonchev–Trinajstić information content (AvgIpc) is 2.33. The van der Waals surface area contributed by atoms with Crippen molar-refractivity contribution in [3.63, 3.8) is 0 Å². The second-order valence-corrected chi connectivity index (χ2v) is 4.39. The second kappa shape index (κ2) is 5.04. The summed E-state index contributed by atoms with van der Waals surface area (Å²) in [6.07, 6.45) is 9.80. The van der Waals surface area contributed by atoms with Gasteiger partial charge in [0.25, 0.3) is 0 Å². The fourth-order valence-electron chi connectivity index (χ4n) is 1.79. The Morgan fingerprint density at radius 3 is 2.53 bits per heavy atom. The highest BCUT2D eigenvalue weighted by molar-refractivity contribution is 5.89. The van der Waals surface area contributed by atoms with Crippen LogP contribution in [0.1, 0.15) is 32.6 Å². The first-order valence-corrected chi connectivity index (χ1v) is 5.82. The molecule has 0 radical (unpaired) electrons. The van der Waals surface area contributed by atoms with Crippen LogP contribution in [0.4, 0.5) is 0 Å². The summed E-state index contributed by atoms with van der Waals surface area (Å²) in [6.45, 7) is 2.05. The minimum atomic E-state index is -0.269. The predicted molar refractivity (Wildman–Crippen MR) is 65.2 cm³/mol. The van der Waals surface area contributed by atoms with Gasteiger partial charge >= 0.3 is 5.97 Å². The van der Waals surface area contributed by atoms with Gasteiger partial charge in [-0.3, -0.25) is 0 Å². The van der Waals surface area contributed by atoms with E-state index in [0.717, 1.165) is 18.4 Å². The van der Waals surface area contributed by atoms with E-state index < -0.39 is 0 Å². The van der Waals surface area contributed by atoms with Crippen molar-refractivity contribution in [3.8, 4) is 0 Å². The molecule has 0 saturated heterocycles. The van der Waals surface area contributed by atoms with Crippen LogP contribution in [-0.4, -0.2) is 11.1 Å². The summed E-state index contributed by atoms with van der Waals surface area (Å²) in [4.78, 5) is 11.8. The van der Waals surface area contributed by atoms with Gasteiger partial charge in [-0.2, -0.15) is 0 Å². The summed E-state index contributed by atoms with van der Waals surface area (Å²) in [6, 6.07) is 0. The fourth-order valence-corrected chi connectivity index (χ4v) is 1.79. The number of ether oxygens (including phenoxy) is 1. The van der Waals surface area contributed by atoms with E-state index in [-0.39, 0.29) is 5.97 Å². The van der Waals surface area contributed by atoms with Gasteiger partial charge in [-0.1, -0.05) is 17.7 Å². The van der Waals surface area contributed by atoms with Crippen molar-refractivity contribution in [1.82, 2.24) is 0 Å². The summed E-state index contributed by atoms with van der Waals surface area (Å²) in [5.74, 6) is 0.690. The largest absolute Gasteiger partial charge is 0.512 e. The SMILES string of the molecule is CC1=CC=C(C(=O)OC2=CC=C(O)CC2)CC1. The molecule has 0 aliphatic heterocycles. The minimum Gasteiger partial charge on any atom is -0.512 e. The second-order valence-electron chi connectivity index (χ2n) is 4.39. The van der Waals surface area contributed by atoms with E-state index in [9.17, 15) is 9.90 Å². The highest BCUT2D eigenvalue weighted by Gasteiger charge is 2.16. The molecule has 0 heterocycles. The zero-order valence-corrected chi connectivity index (χ0v) is 9.90. The molecular weight excluding hydrogens is 216 g/mol. The molecule has 0 aromatic heterocycles. The van der Waals surface area contributed by atoms with Gasteiger partial charge in [0.2, 0.25) is 0 Å². The first-order chi connectivity index (χ1) is 8.15. The van der Waals surface area contributed by atoms with Gasteiger partial charge in [0.1, 0.15) is 5.76 Å². The first kappa shape index (κ1) is 11.7. The van der Waals surface area contributed by atoms with E-state index in [0.29, 0.717) is 24.4 Å². The van der Waals surface area contributed by atoms with Crippen molar-refractivity contribution in [1.29, 1.82) is 0 Å². The third kappa shape index (κ3) is 3.09. The number of carbonyl (C=O) groups is 1. The molecule has 0 fully saturated rings. The molecule has 0 aromatic carbocycles. The van der Waals surface area contributed by atoms with E-state index in [2.05, 4.69) is 6.92 Å². The molecule has 0 aromatic rings. The molecule has 0 spiro atoms. The van der Waals surface area contributed by atoms with Crippen molar-refractivity contribution in [2.45, 2.75) is 32.6 Å². The number of rotatable bonds is 2. The van der Waals surface area contributed by atoms with E-state index in [1.54, 1.807) is 12.2 Å². The molecule has 0 bridgehead atoms. The third-order valence-corrected chi connectivity index (χ3v) is 2.93. The standard InChI is InChI=1S/C14H16O3/c1-10-2-4-11(5-3-10)14(16)17-13-8-6-12(15)7-9-13/h2,4,6,8,15H,3,5,7,9H2,1H3. The van der Waals surface area contributed by atoms with E-state index in [4.69, 9.17) is 4.74 Å². The Morgan fingerprint density at radius 1 is 1.12 bits per heavy atom. The quantitative estimate of drug-likeness (QED) is 0.743. The molecule has 2 rings (SSSR count). The predicted octanol–water partition coefficient (Wildman–Crippen LogP) is 3.32. The number of hydrogen-bond donors (Lipinski definition) is 1. The molecule has 0 amide bonds. The van der Waals surface area contributed by atoms with Gasteiger partial charge in [0, 0.05) is 18.4 Å². The van der Waals surface area contributed by atoms with Crippen LogP contribution >= 0.6 is 0 Å². The normalized spacial score (nSPS) is 19.8. The van der Waals surface area contributed by atoms with Crippen LogP contribution in [0.3, 0.4) is 0 Å². The van der Waals surface area contributed by atoms with Crippen molar-refractivity contribution >= 4 is 5.97 Å². The highest BCUT2D eigenvalue weighted by Crippen LogP contribution is 2.22. The summed E-state index contributed by atoms with van der Waals surface area (Å²) in [7, 11) is 0. The first-order valence-electron chi connectivity index (χ1n) is 5.82. The summed E-state index contributed by atoms with van der Waals surface area (Å²) < 4.78 is 5.28. The lowest BCUT2D eigenvalue weighted by molar-refractivity contribution is -0.135. The Kier molecular flexibility index (Phi) is 3.47. The van der Waals surface area contributed by atoms with Crippen molar-refractivity contribution in [2.75, 3.05) is 0 Å². The number of aliphatic hydroxyl groups excluding tert-OH is 1. The Morgan fingerprint density at radius 2 is 1.94 bits per heavy atom. The molecule has 0 unspecified atom stereocenters. The molecular formula is C14H16O3. The monoisotopic (exact) mass is 232 g/mol. The van der Waals surface area contributed by atoms with Gasteiger partial charge in [-0.15, -0.1) is 0 Å². The number of allylic oxidation sites excluding steroid dienone is 7. The van der Waals surface area contributed by atoms with Crippen LogP contribution in [0, 0.1) is 0 Å². The molecule has 90 valence electrons. The summed E-state index contributed by atoms with van der Waals surface area (Å²) in [5.41, 5.74) is 2.00. The fraction of sp³-hybridized carbons (Fsp3) is 0.357. The zero-order chi connectivity index (χ0) is 12.3.